The molecule has 22 heteroatoms. The molecule has 0 unspecified atom stereocenters. The molecule has 0 saturated heterocycles. The standard InChI is InChI=1S/C38H54N4O16S2/c1-23(43)58-14-15-59-60-22-30(38(56)57)42-36(53)27(19-34(49)50)18-31(45)29(20-35(51)52)41-32(46)16-24-9-11-25(12-10-24)21-40-39-13-5-4-6-26(37(54)55)17-28(44)7-2-3-8-33(47)48/h9-12,26-27,29-30,39-40H,2-8,13-22H2,1H3,(H,41,46)(H,42,53)(H,47,48)(H,49,50)(H,51,52)(H,54,55)(H,56,57)/t26-,27+,29+,30+/m1/s1. The van der Waals surface area contributed by atoms with Crippen LogP contribution in [0.3, 0.4) is 0 Å². The van der Waals surface area contributed by atoms with Crippen molar-refractivity contribution in [2.45, 2.75) is 103 Å². The zero-order valence-corrected chi connectivity index (χ0v) is 34.8. The van der Waals surface area contributed by atoms with Gasteiger partial charge in [0.1, 0.15) is 18.4 Å². The van der Waals surface area contributed by atoms with Gasteiger partial charge in [-0.2, -0.15) is 0 Å². The number of ketones is 2. The summed E-state index contributed by atoms with van der Waals surface area (Å²) >= 11 is 0. The maximum Gasteiger partial charge on any atom is 0.327 e. The number of nitrogens with one attached hydrogen (secondary N) is 4. The summed E-state index contributed by atoms with van der Waals surface area (Å²) in [6.07, 6.45) is -0.513. The number of unbranched alkanes of at least 4 members (excludes halogenated alkanes) is 2. The highest BCUT2D eigenvalue weighted by Gasteiger charge is 2.32. The summed E-state index contributed by atoms with van der Waals surface area (Å²) in [4.78, 5) is 119. The average Bonchev–Trinajstić information content (AvgIpc) is 3.15. The number of carbonyl (C=O) groups excluding carboxylic acids is 5. The van der Waals surface area contributed by atoms with Crippen molar-refractivity contribution < 1.29 is 78.2 Å². The summed E-state index contributed by atoms with van der Waals surface area (Å²) in [7, 11) is 2.22. The molecule has 0 aromatic heterocycles. The van der Waals surface area contributed by atoms with Gasteiger partial charge in [0.2, 0.25) is 11.8 Å². The van der Waals surface area contributed by atoms with Crippen LogP contribution in [0.15, 0.2) is 24.3 Å². The van der Waals surface area contributed by atoms with Gasteiger partial charge in [-0.05, 0) is 36.8 Å². The van der Waals surface area contributed by atoms with Crippen LogP contribution in [-0.4, -0.2) is 121 Å². The van der Waals surface area contributed by atoms with Crippen LogP contribution in [-0.2, 0) is 65.6 Å². The number of rotatable bonds is 35. The molecule has 60 heavy (non-hydrogen) atoms. The molecule has 1 rings (SSSR count). The Morgan fingerprint density at radius 1 is 0.650 bits per heavy atom. The molecule has 334 valence electrons. The van der Waals surface area contributed by atoms with E-state index in [2.05, 4.69) is 21.5 Å². The van der Waals surface area contributed by atoms with Crippen molar-refractivity contribution in [3.63, 3.8) is 0 Å². The van der Waals surface area contributed by atoms with E-state index in [0.29, 0.717) is 56.5 Å². The van der Waals surface area contributed by atoms with E-state index in [9.17, 15) is 68.4 Å². The molecule has 0 radical (unpaired) electrons. The first-order valence-corrected chi connectivity index (χ1v) is 21.5. The number of hydrogen-bond donors (Lipinski definition) is 9. The number of carboxylic acids is 5. The molecule has 0 saturated carbocycles. The lowest BCUT2D eigenvalue weighted by Gasteiger charge is -2.21. The minimum Gasteiger partial charge on any atom is -0.481 e. The Morgan fingerprint density at radius 2 is 1.30 bits per heavy atom. The number of benzene rings is 1. The highest BCUT2D eigenvalue weighted by Crippen LogP contribution is 2.23. The molecule has 1 aromatic carbocycles. The van der Waals surface area contributed by atoms with Gasteiger partial charge >= 0.3 is 35.8 Å². The van der Waals surface area contributed by atoms with Crippen molar-refractivity contribution in [2.24, 2.45) is 11.8 Å². The van der Waals surface area contributed by atoms with Crippen LogP contribution < -0.4 is 21.5 Å². The summed E-state index contributed by atoms with van der Waals surface area (Å²) in [5.74, 6) is -12.0. The molecular weight excluding hydrogens is 833 g/mol. The largest absolute Gasteiger partial charge is 0.481 e. The van der Waals surface area contributed by atoms with Gasteiger partial charge in [-0.15, -0.1) is 0 Å². The number of amides is 2. The second kappa shape index (κ2) is 30.0. The van der Waals surface area contributed by atoms with E-state index in [-0.39, 0.29) is 43.8 Å². The number of Topliss-reactive ketones (excluding diaryl/α,β-unsaturated/α-hetero) is 2. The quantitative estimate of drug-likeness (QED) is 0.0203. The van der Waals surface area contributed by atoms with E-state index in [1.54, 1.807) is 24.3 Å². The lowest BCUT2D eigenvalue weighted by atomic mass is 9.93. The third kappa shape index (κ3) is 25.4. The zero-order chi connectivity index (χ0) is 45.0. The fourth-order valence-corrected chi connectivity index (χ4v) is 7.47. The second-order valence-electron chi connectivity index (χ2n) is 13.7. The number of hydrazine groups is 1. The fourth-order valence-electron chi connectivity index (χ4n) is 5.48. The minimum atomic E-state index is -1.62. The van der Waals surface area contributed by atoms with Gasteiger partial charge in [0, 0.05) is 57.2 Å². The summed E-state index contributed by atoms with van der Waals surface area (Å²) < 4.78 is 4.78. The van der Waals surface area contributed by atoms with E-state index in [0.717, 1.165) is 16.4 Å². The second-order valence-corrected chi connectivity index (χ2v) is 16.3. The highest BCUT2D eigenvalue weighted by molar-refractivity contribution is 8.76. The molecule has 0 fully saturated rings. The minimum absolute atomic E-state index is 0.0375. The van der Waals surface area contributed by atoms with Crippen molar-refractivity contribution in [3.05, 3.63) is 35.4 Å². The van der Waals surface area contributed by atoms with E-state index >= 15 is 0 Å². The van der Waals surface area contributed by atoms with Gasteiger partial charge in [-0.3, -0.25) is 54.0 Å². The van der Waals surface area contributed by atoms with Crippen molar-refractivity contribution in [2.75, 3.05) is 24.7 Å². The molecule has 20 nitrogen and oxygen atoms in total. The van der Waals surface area contributed by atoms with Crippen LogP contribution in [0, 0.1) is 11.8 Å². The van der Waals surface area contributed by atoms with Gasteiger partial charge in [0.15, 0.2) is 5.78 Å². The van der Waals surface area contributed by atoms with Crippen molar-refractivity contribution in [3.8, 4) is 0 Å². The monoisotopic (exact) mass is 886 g/mol. The number of ether oxygens (including phenoxy) is 1. The number of aliphatic carboxylic acids is 5. The molecule has 0 heterocycles. The maximum absolute atomic E-state index is 13.2. The third-order valence-electron chi connectivity index (χ3n) is 8.58. The normalized spacial score (nSPS) is 12.9. The Morgan fingerprint density at radius 3 is 1.90 bits per heavy atom. The zero-order valence-electron chi connectivity index (χ0n) is 33.2. The first-order valence-electron chi connectivity index (χ1n) is 19.0. The van der Waals surface area contributed by atoms with Crippen LogP contribution in [0.4, 0.5) is 0 Å². The van der Waals surface area contributed by atoms with E-state index in [1.165, 1.54) is 17.7 Å². The van der Waals surface area contributed by atoms with Gasteiger partial charge in [-0.25, -0.2) is 4.79 Å². The highest BCUT2D eigenvalue weighted by atomic mass is 33.1. The van der Waals surface area contributed by atoms with Crippen LogP contribution in [0.25, 0.3) is 0 Å². The van der Waals surface area contributed by atoms with Crippen molar-refractivity contribution in [1.82, 2.24) is 21.5 Å². The van der Waals surface area contributed by atoms with Crippen molar-refractivity contribution >= 4 is 80.8 Å². The van der Waals surface area contributed by atoms with Gasteiger partial charge < -0.3 is 40.9 Å². The topological polar surface area (TPSA) is 329 Å². The smallest absolute Gasteiger partial charge is 0.327 e. The molecule has 0 spiro atoms. The van der Waals surface area contributed by atoms with Crippen LogP contribution in [0.5, 0.6) is 0 Å². The number of hydrogen-bond acceptors (Lipinski definition) is 15. The Hall–Kier alpha value is -5.06. The van der Waals surface area contributed by atoms with E-state index in [4.69, 9.17) is 9.84 Å². The van der Waals surface area contributed by atoms with Crippen LogP contribution in [0.1, 0.15) is 88.7 Å². The first-order chi connectivity index (χ1) is 28.4. The molecule has 4 atom stereocenters. The lowest BCUT2D eigenvalue weighted by molar-refractivity contribution is -0.145. The molecule has 0 aliphatic rings. The molecule has 0 bridgehead atoms. The van der Waals surface area contributed by atoms with Crippen LogP contribution >= 0.6 is 21.6 Å². The summed E-state index contributed by atoms with van der Waals surface area (Å²) in [5.41, 5.74) is 7.38. The Bertz CT molecular complexity index is 1630. The first kappa shape index (κ1) is 53.0. The molecular formula is C38H54N4O16S2. The molecule has 1 aromatic rings. The third-order valence-corrected chi connectivity index (χ3v) is 11.0. The van der Waals surface area contributed by atoms with Gasteiger partial charge in [0.05, 0.1) is 37.1 Å². The number of carbonyl (C=O) groups is 10. The molecule has 9 N–H and O–H groups in total. The summed E-state index contributed by atoms with van der Waals surface area (Å²) in [6.45, 7) is 2.20. The predicted molar refractivity (Wildman–Crippen MR) is 216 cm³/mol. The van der Waals surface area contributed by atoms with Crippen LogP contribution in [0.2, 0.25) is 0 Å². The Balaban J connectivity index is 2.63. The van der Waals surface area contributed by atoms with Crippen molar-refractivity contribution in [1.29, 1.82) is 0 Å². The number of esters is 1. The number of carboxylic acid groups (broad SMARTS) is 5. The summed E-state index contributed by atoms with van der Waals surface area (Å²) in [6, 6.07) is 3.66. The van der Waals surface area contributed by atoms with E-state index in [1.807, 2.05) is 0 Å². The SMILES string of the molecule is CC(=O)OCCSSC[C@H](NC(=O)[C@H](CC(=O)O)CC(=O)[C@H](CC(=O)O)NC(=O)Cc1ccc(CNNCCCC[C@H](CC(=O)CCCCC(=O)O)C(=O)O)cc1)C(=O)O. The molecule has 0 aliphatic carbocycles. The molecule has 2 amide bonds. The Labute approximate surface area is 354 Å². The fraction of sp³-hybridized carbons (Fsp3) is 0.579. The maximum atomic E-state index is 13.2. The summed E-state index contributed by atoms with van der Waals surface area (Å²) in [5, 5.41) is 51.1. The predicted octanol–water partition coefficient (Wildman–Crippen LogP) is 1.82. The van der Waals surface area contributed by atoms with E-state index < -0.39 is 96.6 Å². The van der Waals surface area contributed by atoms with Gasteiger partial charge in [-0.1, -0.05) is 52.3 Å². The van der Waals surface area contributed by atoms with Gasteiger partial charge in [0.25, 0.3) is 0 Å². The molecule has 0 aliphatic heterocycles. The average molecular weight is 887 g/mol. The Kier molecular flexibility index (Phi) is 26.5. The lowest BCUT2D eigenvalue weighted by Crippen LogP contribution is -2.48.